The van der Waals surface area contributed by atoms with Crippen LogP contribution in [0.1, 0.15) is 16.7 Å². The van der Waals surface area contributed by atoms with E-state index in [9.17, 15) is 9.18 Å². The summed E-state index contributed by atoms with van der Waals surface area (Å²) in [6.07, 6.45) is 0.663. The van der Waals surface area contributed by atoms with E-state index in [1.165, 1.54) is 12.1 Å². The van der Waals surface area contributed by atoms with Crippen molar-refractivity contribution >= 4 is 17.4 Å². The molecule has 0 amide bonds. The first kappa shape index (κ1) is 13.8. The van der Waals surface area contributed by atoms with E-state index in [1.807, 2.05) is 31.2 Å². The van der Waals surface area contributed by atoms with E-state index < -0.39 is 5.82 Å². The van der Waals surface area contributed by atoms with Crippen LogP contribution in [0.3, 0.4) is 0 Å². The van der Waals surface area contributed by atoms with E-state index in [2.05, 4.69) is 0 Å². The molecule has 0 heterocycles. The summed E-state index contributed by atoms with van der Waals surface area (Å²) >= 11 is 5.70. The Morgan fingerprint density at radius 1 is 1.16 bits per heavy atom. The number of Topliss-reactive ketones (excluding diaryl/α,β-unsaturated/α-hetero) is 1. The Morgan fingerprint density at radius 2 is 1.89 bits per heavy atom. The second-order valence-corrected chi connectivity index (χ2v) is 4.97. The minimum absolute atomic E-state index is 0.0567. The zero-order valence-corrected chi connectivity index (χ0v) is 11.4. The summed E-state index contributed by atoms with van der Waals surface area (Å²) in [5.41, 5.74) is 2.87. The minimum atomic E-state index is -0.461. The normalized spacial score (nSPS) is 10.5. The third-order valence-corrected chi connectivity index (χ3v) is 3.32. The topological polar surface area (TPSA) is 17.1 Å². The van der Waals surface area contributed by atoms with Crippen LogP contribution in [0.15, 0.2) is 42.5 Å². The summed E-state index contributed by atoms with van der Waals surface area (Å²) in [6.45, 7) is 1.98. The standard InChI is InChI=1S/C16H14ClFO/c1-11-4-2-3-5-13(11)10-14(19)8-12-6-7-16(18)15(17)9-12/h2-7,9H,8,10H2,1H3. The second-order valence-electron chi connectivity index (χ2n) is 4.57. The molecule has 0 aromatic heterocycles. The van der Waals surface area contributed by atoms with Crippen LogP contribution in [0.5, 0.6) is 0 Å². The van der Waals surface area contributed by atoms with Crippen LogP contribution >= 0.6 is 11.6 Å². The number of rotatable bonds is 4. The van der Waals surface area contributed by atoms with E-state index >= 15 is 0 Å². The lowest BCUT2D eigenvalue weighted by atomic mass is 9.99. The lowest BCUT2D eigenvalue weighted by Crippen LogP contribution is -2.07. The molecule has 2 aromatic carbocycles. The third-order valence-electron chi connectivity index (χ3n) is 3.03. The van der Waals surface area contributed by atoms with Crippen molar-refractivity contribution in [3.8, 4) is 0 Å². The van der Waals surface area contributed by atoms with Gasteiger partial charge in [0.25, 0.3) is 0 Å². The molecule has 0 aliphatic rings. The first-order valence-electron chi connectivity index (χ1n) is 6.06. The van der Waals surface area contributed by atoms with Gasteiger partial charge in [0.05, 0.1) is 5.02 Å². The maximum atomic E-state index is 13.0. The zero-order chi connectivity index (χ0) is 13.8. The highest BCUT2D eigenvalue weighted by molar-refractivity contribution is 6.30. The van der Waals surface area contributed by atoms with E-state index in [-0.39, 0.29) is 17.2 Å². The molecular formula is C16H14ClFO. The molecule has 19 heavy (non-hydrogen) atoms. The van der Waals surface area contributed by atoms with E-state index in [1.54, 1.807) is 6.07 Å². The van der Waals surface area contributed by atoms with Crippen molar-refractivity contribution < 1.29 is 9.18 Å². The van der Waals surface area contributed by atoms with Gasteiger partial charge in [-0.1, -0.05) is 41.9 Å². The largest absolute Gasteiger partial charge is 0.299 e. The Kier molecular flexibility index (Phi) is 4.33. The lowest BCUT2D eigenvalue weighted by molar-refractivity contribution is -0.117. The van der Waals surface area contributed by atoms with Gasteiger partial charge in [-0.25, -0.2) is 4.39 Å². The maximum Gasteiger partial charge on any atom is 0.141 e. The molecular weight excluding hydrogens is 263 g/mol. The number of benzene rings is 2. The van der Waals surface area contributed by atoms with Gasteiger partial charge >= 0.3 is 0 Å². The summed E-state index contributed by atoms with van der Waals surface area (Å²) in [5.74, 6) is -0.367. The molecule has 2 aromatic rings. The van der Waals surface area contributed by atoms with Gasteiger partial charge < -0.3 is 0 Å². The molecule has 0 unspecified atom stereocenters. The van der Waals surface area contributed by atoms with E-state index in [4.69, 9.17) is 11.6 Å². The van der Waals surface area contributed by atoms with Gasteiger partial charge in [-0.05, 0) is 35.7 Å². The summed E-state index contributed by atoms with van der Waals surface area (Å²) in [7, 11) is 0. The molecule has 0 atom stereocenters. The third kappa shape index (κ3) is 3.65. The number of carbonyl (C=O) groups is 1. The van der Waals surface area contributed by atoms with Crippen molar-refractivity contribution in [2.24, 2.45) is 0 Å². The van der Waals surface area contributed by atoms with Crippen LogP contribution in [0.2, 0.25) is 5.02 Å². The van der Waals surface area contributed by atoms with Crippen molar-refractivity contribution in [3.63, 3.8) is 0 Å². The predicted octanol–water partition coefficient (Wildman–Crippen LogP) is 4.14. The SMILES string of the molecule is Cc1ccccc1CC(=O)Cc1ccc(F)c(Cl)c1. The van der Waals surface area contributed by atoms with Gasteiger partial charge in [0.15, 0.2) is 0 Å². The molecule has 3 heteroatoms. The summed E-state index contributed by atoms with van der Waals surface area (Å²) in [6, 6.07) is 12.2. The first-order valence-corrected chi connectivity index (χ1v) is 6.44. The van der Waals surface area contributed by atoms with Gasteiger partial charge in [-0.2, -0.15) is 0 Å². The van der Waals surface area contributed by atoms with Crippen LogP contribution in [0, 0.1) is 12.7 Å². The molecule has 0 N–H and O–H groups in total. The average Bonchev–Trinajstić information content (AvgIpc) is 2.37. The van der Waals surface area contributed by atoms with Gasteiger partial charge in [0.2, 0.25) is 0 Å². The molecule has 0 aliphatic carbocycles. The predicted molar refractivity (Wildman–Crippen MR) is 75.0 cm³/mol. The second kappa shape index (κ2) is 5.98. The Bertz CT molecular complexity index is 607. The highest BCUT2D eigenvalue weighted by Crippen LogP contribution is 2.17. The molecule has 0 saturated carbocycles. The van der Waals surface area contributed by atoms with Crippen molar-refractivity contribution in [2.75, 3.05) is 0 Å². The molecule has 0 aliphatic heterocycles. The fraction of sp³-hybridized carbons (Fsp3) is 0.188. The summed E-state index contributed by atoms with van der Waals surface area (Å²) in [4.78, 5) is 12.0. The smallest absolute Gasteiger partial charge is 0.141 e. The molecule has 98 valence electrons. The van der Waals surface area contributed by atoms with Crippen LogP contribution in [0.4, 0.5) is 4.39 Å². The van der Waals surface area contributed by atoms with Gasteiger partial charge in [0.1, 0.15) is 11.6 Å². The number of carbonyl (C=O) groups excluding carboxylic acids is 1. The van der Waals surface area contributed by atoms with Crippen LogP contribution in [-0.4, -0.2) is 5.78 Å². The lowest BCUT2D eigenvalue weighted by Gasteiger charge is -2.05. The number of halogens is 2. The van der Waals surface area contributed by atoms with Crippen LogP contribution < -0.4 is 0 Å². The molecule has 1 nitrogen and oxygen atoms in total. The Hall–Kier alpha value is -1.67. The Morgan fingerprint density at radius 3 is 2.58 bits per heavy atom. The minimum Gasteiger partial charge on any atom is -0.299 e. The number of aryl methyl sites for hydroxylation is 1. The molecule has 0 radical (unpaired) electrons. The van der Waals surface area contributed by atoms with Gasteiger partial charge in [-0.15, -0.1) is 0 Å². The Labute approximate surface area is 117 Å². The van der Waals surface area contributed by atoms with Gasteiger partial charge in [-0.3, -0.25) is 4.79 Å². The molecule has 2 rings (SSSR count). The quantitative estimate of drug-likeness (QED) is 0.820. The van der Waals surface area contributed by atoms with Crippen LogP contribution in [-0.2, 0) is 17.6 Å². The first-order chi connectivity index (χ1) is 9.06. The monoisotopic (exact) mass is 276 g/mol. The number of ketones is 1. The highest BCUT2D eigenvalue weighted by Gasteiger charge is 2.08. The van der Waals surface area contributed by atoms with Crippen molar-refractivity contribution in [3.05, 3.63) is 70.0 Å². The average molecular weight is 277 g/mol. The molecule has 0 saturated heterocycles. The number of hydrogen-bond acceptors (Lipinski definition) is 1. The number of hydrogen-bond donors (Lipinski definition) is 0. The molecule has 0 spiro atoms. The summed E-state index contributed by atoms with van der Waals surface area (Å²) < 4.78 is 13.0. The van der Waals surface area contributed by atoms with E-state index in [0.29, 0.717) is 6.42 Å². The fourth-order valence-electron chi connectivity index (χ4n) is 1.96. The van der Waals surface area contributed by atoms with E-state index in [0.717, 1.165) is 16.7 Å². The summed E-state index contributed by atoms with van der Waals surface area (Å²) in [5, 5.41) is 0.0567. The van der Waals surface area contributed by atoms with Crippen molar-refractivity contribution in [2.45, 2.75) is 19.8 Å². The molecule has 0 bridgehead atoms. The Balaban J connectivity index is 2.05. The maximum absolute atomic E-state index is 13.0. The fourth-order valence-corrected chi connectivity index (χ4v) is 2.16. The van der Waals surface area contributed by atoms with Gasteiger partial charge in [0, 0.05) is 12.8 Å². The van der Waals surface area contributed by atoms with Crippen molar-refractivity contribution in [1.82, 2.24) is 0 Å². The van der Waals surface area contributed by atoms with Crippen LogP contribution in [0.25, 0.3) is 0 Å². The highest BCUT2D eigenvalue weighted by atomic mass is 35.5. The zero-order valence-electron chi connectivity index (χ0n) is 10.6. The molecule has 0 fully saturated rings. The van der Waals surface area contributed by atoms with Crippen molar-refractivity contribution in [1.29, 1.82) is 0 Å².